The van der Waals surface area contributed by atoms with E-state index in [1.807, 2.05) is 35.0 Å². The smallest absolute Gasteiger partial charge is 0.123 e. The Morgan fingerprint density at radius 3 is 2.23 bits per heavy atom. The lowest BCUT2D eigenvalue weighted by Gasteiger charge is -2.20. The second-order valence-electron chi connectivity index (χ2n) is 7.32. The Hall–Kier alpha value is -3.60. The number of ether oxygens (including phenoxy) is 2. The average molecular weight is 400 g/mol. The van der Waals surface area contributed by atoms with Crippen LogP contribution in [0.4, 0.5) is 4.39 Å². The summed E-state index contributed by atoms with van der Waals surface area (Å²) in [5.74, 6) is 1.40. The van der Waals surface area contributed by atoms with Crippen LogP contribution in [-0.4, -0.2) is 24.0 Å². The van der Waals surface area contributed by atoms with Crippen LogP contribution in [0.3, 0.4) is 0 Å². The molecule has 1 aliphatic carbocycles. The minimum Gasteiger partial charge on any atom is -0.497 e. The molecule has 0 N–H and O–H groups in total. The minimum absolute atomic E-state index is 0.250. The highest BCUT2D eigenvalue weighted by Crippen LogP contribution is 2.41. The molecule has 5 rings (SSSR count). The fraction of sp³-hybridized carbons (Fsp3) is 0.160. The lowest BCUT2D eigenvalue weighted by Crippen LogP contribution is -2.07. The van der Waals surface area contributed by atoms with Gasteiger partial charge in [-0.3, -0.25) is 0 Å². The summed E-state index contributed by atoms with van der Waals surface area (Å²) in [7, 11) is 3.34. The highest BCUT2D eigenvalue weighted by Gasteiger charge is 2.27. The summed E-state index contributed by atoms with van der Waals surface area (Å²) in [6, 6.07) is 20.6. The number of halogens is 1. The van der Waals surface area contributed by atoms with Crippen molar-refractivity contribution in [1.82, 2.24) is 9.78 Å². The van der Waals surface area contributed by atoms with Gasteiger partial charge in [-0.1, -0.05) is 0 Å². The van der Waals surface area contributed by atoms with Crippen LogP contribution in [0.15, 0.2) is 66.7 Å². The minimum atomic E-state index is -0.250. The van der Waals surface area contributed by atoms with Gasteiger partial charge in [-0.25, -0.2) is 9.07 Å². The highest BCUT2D eigenvalue weighted by molar-refractivity contribution is 5.80. The third-order valence-electron chi connectivity index (χ3n) is 5.63. The molecule has 4 aromatic rings. The van der Waals surface area contributed by atoms with Gasteiger partial charge in [-0.05, 0) is 85.1 Å². The van der Waals surface area contributed by atoms with Crippen molar-refractivity contribution in [3.8, 4) is 39.7 Å². The van der Waals surface area contributed by atoms with Gasteiger partial charge in [0.25, 0.3) is 0 Å². The van der Waals surface area contributed by atoms with Crippen LogP contribution in [0.2, 0.25) is 0 Å². The Kier molecular flexibility index (Phi) is 4.51. The van der Waals surface area contributed by atoms with E-state index < -0.39 is 0 Å². The molecule has 0 aliphatic heterocycles. The van der Waals surface area contributed by atoms with E-state index in [9.17, 15) is 4.39 Å². The number of benzene rings is 3. The standard InChI is InChI=1S/C25H21FN2O2/c1-29-20-10-8-19(9-11-20)28-25-22-14-12-21(30-2)15-17(22)5-13-23(25)24(27-28)16-3-6-18(26)7-4-16/h3-4,6-12,14-15H,5,13H2,1-2H3. The van der Waals surface area contributed by atoms with Gasteiger partial charge in [0, 0.05) is 16.7 Å². The first kappa shape index (κ1) is 18.4. The van der Waals surface area contributed by atoms with Gasteiger partial charge in [0.2, 0.25) is 0 Å². The molecule has 4 nitrogen and oxygen atoms in total. The van der Waals surface area contributed by atoms with E-state index >= 15 is 0 Å². The van der Waals surface area contributed by atoms with Crippen molar-refractivity contribution in [2.45, 2.75) is 12.8 Å². The van der Waals surface area contributed by atoms with Gasteiger partial charge in [-0.15, -0.1) is 0 Å². The van der Waals surface area contributed by atoms with Crippen LogP contribution < -0.4 is 9.47 Å². The number of hydrogen-bond donors (Lipinski definition) is 0. The molecule has 0 radical (unpaired) electrons. The Morgan fingerprint density at radius 1 is 0.833 bits per heavy atom. The Balaban J connectivity index is 1.74. The average Bonchev–Trinajstić information content (AvgIpc) is 3.19. The van der Waals surface area contributed by atoms with E-state index in [1.54, 1.807) is 26.4 Å². The van der Waals surface area contributed by atoms with Crippen molar-refractivity contribution >= 4 is 0 Å². The van der Waals surface area contributed by atoms with Crippen molar-refractivity contribution in [2.24, 2.45) is 0 Å². The maximum absolute atomic E-state index is 13.5. The zero-order valence-corrected chi connectivity index (χ0v) is 16.9. The summed E-state index contributed by atoms with van der Waals surface area (Å²) >= 11 is 0. The van der Waals surface area contributed by atoms with Crippen molar-refractivity contribution in [3.05, 3.63) is 83.7 Å². The van der Waals surface area contributed by atoms with Gasteiger partial charge in [-0.2, -0.15) is 5.10 Å². The Labute approximate surface area is 174 Å². The second kappa shape index (κ2) is 7.34. The third-order valence-corrected chi connectivity index (χ3v) is 5.63. The molecule has 1 aliphatic rings. The molecule has 0 bridgehead atoms. The summed E-state index contributed by atoms with van der Waals surface area (Å²) in [6.45, 7) is 0. The van der Waals surface area contributed by atoms with Gasteiger partial charge in [0.15, 0.2) is 0 Å². The van der Waals surface area contributed by atoms with Gasteiger partial charge < -0.3 is 9.47 Å². The van der Waals surface area contributed by atoms with Crippen LogP contribution in [0.5, 0.6) is 11.5 Å². The van der Waals surface area contributed by atoms with Gasteiger partial charge in [0.05, 0.1) is 31.3 Å². The molecule has 5 heteroatoms. The Bertz CT molecular complexity index is 1210. The van der Waals surface area contributed by atoms with Crippen LogP contribution in [-0.2, 0) is 12.8 Å². The van der Waals surface area contributed by atoms with Crippen molar-refractivity contribution < 1.29 is 13.9 Å². The lowest BCUT2D eigenvalue weighted by molar-refractivity contribution is 0.414. The van der Waals surface area contributed by atoms with Crippen molar-refractivity contribution in [1.29, 1.82) is 0 Å². The van der Waals surface area contributed by atoms with E-state index in [0.29, 0.717) is 0 Å². The number of rotatable bonds is 4. The molecule has 1 aromatic heterocycles. The zero-order chi connectivity index (χ0) is 20.7. The molecule has 0 amide bonds. The maximum Gasteiger partial charge on any atom is 0.123 e. The summed E-state index contributed by atoms with van der Waals surface area (Å²) in [4.78, 5) is 0. The number of hydrogen-bond acceptors (Lipinski definition) is 3. The van der Waals surface area contributed by atoms with E-state index in [1.165, 1.54) is 23.3 Å². The van der Waals surface area contributed by atoms with Crippen LogP contribution in [0.25, 0.3) is 28.2 Å². The monoisotopic (exact) mass is 400 g/mol. The van der Waals surface area contributed by atoms with Crippen molar-refractivity contribution in [2.75, 3.05) is 14.2 Å². The highest BCUT2D eigenvalue weighted by atomic mass is 19.1. The molecular weight excluding hydrogens is 379 g/mol. The fourth-order valence-corrected chi connectivity index (χ4v) is 4.11. The summed E-state index contributed by atoms with van der Waals surface area (Å²) in [6.07, 6.45) is 1.76. The topological polar surface area (TPSA) is 36.3 Å². The molecule has 0 unspecified atom stereocenters. The number of aryl methyl sites for hydroxylation is 1. The first-order valence-electron chi connectivity index (χ1n) is 9.87. The molecular formula is C25H21FN2O2. The zero-order valence-electron chi connectivity index (χ0n) is 16.9. The van der Waals surface area contributed by atoms with E-state index in [0.717, 1.165) is 52.5 Å². The quantitative estimate of drug-likeness (QED) is 0.456. The molecule has 150 valence electrons. The SMILES string of the molecule is COc1ccc(-n2nc(-c3ccc(F)cc3)c3c2-c2ccc(OC)cc2CC3)cc1. The number of fused-ring (bicyclic) bond motifs is 3. The number of aromatic nitrogens is 2. The van der Waals surface area contributed by atoms with E-state index in [-0.39, 0.29) is 5.82 Å². The van der Waals surface area contributed by atoms with Crippen LogP contribution >= 0.6 is 0 Å². The second-order valence-corrected chi connectivity index (χ2v) is 7.32. The predicted octanol–water partition coefficient (Wildman–Crippen LogP) is 5.46. The molecule has 0 fully saturated rings. The molecule has 0 saturated carbocycles. The van der Waals surface area contributed by atoms with Crippen LogP contribution in [0, 0.1) is 5.82 Å². The summed E-state index contributed by atoms with van der Waals surface area (Å²) in [5, 5.41) is 4.98. The molecule has 0 saturated heterocycles. The first-order valence-corrected chi connectivity index (χ1v) is 9.87. The lowest BCUT2D eigenvalue weighted by atomic mass is 9.87. The van der Waals surface area contributed by atoms with Crippen LogP contribution in [0.1, 0.15) is 11.1 Å². The summed E-state index contributed by atoms with van der Waals surface area (Å²) in [5.41, 5.74) is 7.39. The fourth-order valence-electron chi connectivity index (χ4n) is 4.11. The third kappa shape index (κ3) is 3.03. The normalized spacial score (nSPS) is 12.2. The predicted molar refractivity (Wildman–Crippen MR) is 115 cm³/mol. The Morgan fingerprint density at radius 2 is 1.53 bits per heavy atom. The number of methoxy groups -OCH3 is 2. The molecule has 0 atom stereocenters. The van der Waals surface area contributed by atoms with E-state index in [4.69, 9.17) is 14.6 Å². The summed E-state index contributed by atoms with van der Waals surface area (Å²) < 4.78 is 26.2. The van der Waals surface area contributed by atoms with Gasteiger partial charge >= 0.3 is 0 Å². The molecule has 0 spiro atoms. The molecule has 1 heterocycles. The number of nitrogens with zero attached hydrogens (tertiary/aromatic N) is 2. The van der Waals surface area contributed by atoms with Gasteiger partial charge in [0.1, 0.15) is 17.3 Å². The molecule has 30 heavy (non-hydrogen) atoms. The maximum atomic E-state index is 13.5. The largest absolute Gasteiger partial charge is 0.497 e. The first-order chi connectivity index (χ1) is 14.7. The molecule has 3 aromatic carbocycles. The van der Waals surface area contributed by atoms with Crippen molar-refractivity contribution in [3.63, 3.8) is 0 Å². The van der Waals surface area contributed by atoms with E-state index in [2.05, 4.69) is 12.1 Å².